The van der Waals surface area contributed by atoms with Crippen molar-refractivity contribution in [1.82, 2.24) is 5.43 Å². The maximum Gasteiger partial charge on any atom is 0.239 e. The topological polar surface area (TPSA) is 75.4 Å². The monoisotopic (exact) mass is 349 g/mol. The zero-order valence-corrected chi connectivity index (χ0v) is 13.8. The minimum atomic E-state index is -3.86. The molecule has 0 fully saturated rings. The molecule has 0 unspecified atom stereocenters. The van der Waals surface area contributed by atoms with Crippen LogP contribution in [0.3, 0.4) is 0 Å². The van der Waals surface area contributed by atoms with Gasteiger partial charge >= 0.3 is 0 Å². The van der Waals surface area contributed by atoms with E-state index in [4.69, 9.17) is 23.2 Å². The fourth-order valence-electron chi connectivity index (χ4n) is 2.00. The number of para-hydroxylation sites is 1. The minimum absolute atomic E-state index is 0.0957. The molecule has 0 aromatic heterocycles. The minimum Gasteiger partial charge on any atom is -0.296 e. The van der Waals surface area contributed by atoms with E-state index >= 15 is 0 Å². The third-order valence-electron chi connectivity index (χ3n) is 3.09. The highest BCUT2D eigenvalue weighted by Gasteiger charge is 2.14. The van der Waals surface area contributed by atoms with Crippen molar-refractivity contribution in [1.29, 1.82) is 0 Å². The number of halogens is 1. The second-order valence-electron chi connectivity index (χ2n) is 4.77. The number of sulfonamides is 1. The predicted molar refractivity (Wildman–Crippen MR) is 92.3 cm³/mol. The van der Waals surface area contributed by atoms with Gasteiger partial charge in [0.2, 0.25) is 10.0 Å². The van der Waals surface area contributed by atoms with Gasteiger partial charge in [0.25, 0.3) is 0 Å². The molecule has 7 heteroatoms. The molecule has 2 aromatic rings. The first-order valence-electron chi connectivity index (χ1n) is 6.72. The number of rotatable bonds is 6. The van der Waals surface area contributed by atoms with Crippen LogP contribution in [0.25, 0.3) is 0 Å². The molecular weight excluding hydrogens is 334 g/mol. The normalized spacial score (nSPS) is 11.0. The van der Waals surface area contributed by atoms with Crippen LogP contribution in [0, 0.1) is 12.3 Å². The number of nitrogens with one attached hydrogen (secondary N) is 1. The van der Waals surface area contributed by atoms with E-state index in [0.717, 1.165) is 11.3 Å². The molecule has 120 valence electrons. The predicted octanol–water partition coefficient (Wildman–Crippen LogP) is 2.13. The van der Waals surface area contributed by atoms with Crippen molar-refractivity contribution in [3.63, 3.8) is 0 Å². The maximum absolute atomic E-state index is 11.5. The number of nitrogens with two attached hydrogens (primary N) is 1. The summed E-state index contributed by atoms with van der Waals surface area (Å²) in [7, 11) is -3.86. The fraction of sp³-hybridized carbons (Fsp3) is 0.125. The van der Waals surface area contributed by atoms with Gasteiger partial charge in [0.1, 0.15) is 4.90 Å². The van der Waals surface area contributed by atoms with Crippen molar-refractivity contribution in [3.8, 4) is 12.3 Å². The summed E-state index contributed by atoms with van der Waals surface area (Å²) in [6.45, 7) is 0.732. The first-order chi connectivity index (χ1) is 10.9. The van der Waals surface area contributed by atoms with Gasteiger partial charge in [0, 0.05) is 6.54 Å². The lowest BCUT2D eigenvalue weighted by atomic mass is 10.2. The van der Waals surface area contributed by atoms with E-state index in [1.807, 2.05) is 30.3 Å². The number of benzene rings is 2. The largest absolute Gasteiger partial charge is 0.296 e. The highest BCUT2D eigenvalue weighted by Crippen LogP contribution is 2.21. The second-order valence-corrected chi connectivity index (χ2v) is 6.71. The number of nitrogens with zero attached hydrogens (tertiary/aromatic N) is 1. The van der Waals surface area contributed by atoms with Gasteiger partial charge in [-0.3, -0.25) is 5.01 Å². The van der Waals surface area contributed by atoms with Gasteiger partial charge in [-0.2, -0.15) is 0 Å². The van der Waals surface area contributed by atoms with E-state index in [9.17, 15) is 8.42 Å². The third kappa shape index (κ3) is 4.71. The van der Waals surface area contributed by atoms with Crippen LogP contribution in [0.5, 0.6) is 0 Å². The van der Waals surface area contributed by atoms with E-state index in [1.165, 1.54) is 12.1 Å². The highest BCUT2D eigenvalue weighted by atomic mass is 35.5. The van der Waals surface area contributed by atoms with Crippen LogP contribution in [0.4, 0.5) is 5.69 Å². The van der Waals surface area contributed by atoms with Gasteiger partial charge in [0.05, 0.1) is 17.3 Å². The summed E-state index contributed by atoms with van der Waals surface area (Å²) in [5, 5.41) is 7.05. The zero-order chi connectivity index (χ0) is 16.9. The Morgan fingerprint density at radius 3 is 2.52 bits per heavy atom. The molecule has 0 aliphatic carbocycles. The number of hydrogen-bond acceptors (Lipinski definition) is 4. The first-order valence-corrected chi connectivity index (χ1v) is 8.65. The summed E-state index contributed by atoms with van der Waals surface area (Å²) >= 11 is 5.87. The second kappa shape index (κ2) is 7.49. The molecule has 2 aromatic carbocycles. The smallest absolute Gasteiger partial charge is 0.239 e. The Bertz CT molecular complexity index is 817. The molecule has 5 nitrogen and oxygen atoms in total. The van der Waals surface area contributed by atoms with E-state index < -0.39 is 10.0 Å². The third-order valence-corrected chi connectivity index (χ3v) is 4.49. The molecule has 0 aliphatic heterocycles. The van der Waals surface area contributed by atoms with Crippen molar-refractivity contribution in [3.05, 3.63) is 59.1 Å². The standard InChI is InChI=1S/C16H16ClN3O2S/c1-2-10-20(14-6-4-3-5-7-14)19-12-13-8-9-15(17)16(11-13)23(18,21)22/h1,3-9,11,19H,10,12H2,(H2,18,21,22). The number of terminal acetylenes is 1. The van der Waals surface area contributed by atoms with E-state index in [-0.39, 0.29) is 9.92 Å². The van der Waals surface area contributed by atoms with Crippen LogP contribution in [0.15, 0.2) is 53.4 Å². The molecule has 0 saturated heterocycles. The number of primary sulfonamides is 1. The first kappa shape index (κ1) is 17.3. The highest BCUT2D eigenvalue weighted by molar-refractivity contribution is 7.89. The molecule has 0 radical (unpaired) electrons. The molecule has 23 heavy (non-hydrogen) atoms. The molecule has 0 saturated carbocycles. The average Bonchev–Trinajstić information content (AvgIpc) is 2.52. The van der Waals surface area contributed by atoms with Crippen LogP contribution < -0.4 is 15.6 Å². The molecule has 2 rings (SSSR count). The molecule has 0 aliphatic rings. The Kier molecular flexibility index (Phi) is 5.64. The molecule has 0 atom stereocenters. The molecular formula is C16H16ClN3O2S. The summed E-state index contributed by atoms with van der Waals surface area (Å²) < 4.78 is 23.0. The quantitative estimate of drug-likeness (QED) is 0.619. The zero-order valence-electron chi connectivity index (χ0n) is 12.2. The van der Waals surface area contributed by atoms with Crippen LogP contribution in [-0.4, -0.2) is 15.0 Å². The van der Waals surface area contributed by atoms with Gasteiger partial charge in [-0.1, -0.05) is 41.8 Å². The van der Waals surface area contributed by atoms with Crippen molar-refractivity contribution in [2.75, 3.05) is 11.6 Å². The van der Waals surface area contributed by atoms with Crippen LogP contribution in [0.1, 0.15) is 5.56 Å². The molecule has 0 heterocycles. The van der Waals surface area contributed by atoms with Gasteiger partial charge in [-0.05, 0) is 29.8 Å². The van der Waals surface area contributed by atoms with Crippen molar-refractivity contribution >= 4 is 27.3 Å². The Labute approximate surface area is 141 Å². The van der Waals surface area contributed by atoms with Gasteiger partial charge < -0.3 is 0 Å². The summed E-state index contributed by atoms with van der Waals surface area (Å²) in [5.41, 5.74) is 4.79. The number of hydrogen-bond donors (Lipinski definition) is 2. The summed E-state index contributed by atoms with van der Waals surface area (Å²) in [6.07, 6.45) is 5.39. The van der Waals surface area contributed by atoms with Crippen molar-refractivity contribution < 1.29 is 8.42 Å². The SMILES string of the molecule is C#CCN(NCc1ccc(Cl)c(S(N)(=O)=O)c1)c1ccccc1. The Hall–Kier alpha value is -2.04. The summed E-state index contributed by atoms with van der Waals surface area (Å²) in [6, 6.07) is 14.2. The molecule has 0 amide bonds. The summed E-state index contributed by atoms with van der Waals surface area (Å²) in [5.74, 6) is 2.57. The lowest BCUT2D eigenvalue weighted by Gasteiger charge is -2.23. The Balaban J connectivity index is 2.17. The van der Waals surface area contributed by atoms with Crippen molar-refractivity contribution in [2.24, 2.45) is 5.14 Å². The molecule has 0 spiro atoms. The lowest BCUT2D eigenvalue weighted by Crippen LogP contribution is -2.38. The van der Waals surface area contributed by atoms with Crippen molar-refractivity contribution in [2.45, 2.75) is 11.4 Å². The van der Waals surface area contributed by atoms with E-state index in [0.29, 0.717) is 13.1 Å². The fourth-order valence-corrected chi connectivity index (χ4v) is 3.10. The molecule has 3 N–H and O–H groups in total. The summed E-state index contributed by atoms with van der Waals surface area (Å²) in [4.78, 5) is -0.0957. The molecule has 0 bridgehead atoms. The van der Waals surface area contributed by atoms with Gasteiger partial charge in [-0.15, -0.1) is 6.42 Å². The van der Waals surface area contributed by atoms with E-state index in [2.05, 4.69) is 11.3 Å². The van der Waals surface area contributed by atoms with Gasteiger partial charge in [-0.25, -0.2) is 19.0 Å². The average molecular weight is 350 g/mol. The van der Waals surface area contributed by atoms with Crippen LogP contribution in [-0.2, 0) is 16.6 Å². The maximum atomic E-state index is 11.5. The number of hydrazine groups is 1. The van der Waals surface area contributed by atoms with Crippen LogP contribution in [0.2, 0.25) is 5.02 Å². The Morgan fingerprint density at radius 2 is 1.91 bits per heavy atom. The van der Waals surface area contributed by atoms with Crippen LogP contribution >= 0.6 is 11.6 Å². The number of anilines is 1. The Morgan fingerprint density at radius 1 is 1.22 bits per heavy atom. The van der Waals surface area contributed by atoms with Gasteiger partial charge in [0.15, 0.2) is 0 Å². The lowest BCUT2D eigenvalue weighted by molar-refractivity contribution is 0.597. The van der Waals surface area contributed by atoms with E-state index in [1.54, 1.807) is 11.1 Å².